The summed E-state index contributed by atoms with van der Waals surface area (Å²) in [6, 6.07) is 0. The molecule has 0 radical (unpaired) electrons. The lowest BCUT2D eigenvalue weighted by Gasteiger charge is -2.21. The minimum Gasteiger partial charge on any atom is -0.361 e. The van der Waals surface area contributed by atoms with Crippen LogP contribution in [0, 0.1) is 0 Å². The fourth-order valence-corrected chi connectivity index (χ4v) is 1.46. The van der Waals surface area contributed by atoms with Crippen LogP contribution in [0.3, 0.4) is 0 Å². The third-order valence-electron chi connectivity index (χ3n) is 2.53. The van der Waals surface area contributed by atoms with Gasteiger partial charge in [-0.2, -0.15) is 13.2 Å². The highest BCUT2D eigenvalue weighted by atomic mass is 19.4. The number of alkyl halides is 3. The Morgan fingerprint density at radius 2 is 2.13 bits per heavy atom. The SMILES string of the molecule is CCC1(C)NC(O)N(CC(F)(F)F)C1=O. The number of nitrogens with zero attached hydrogens (tertiary/aromatic N) is 1. The molecule has 15 heavy (non-hydrogen) atoms. The third kappa shape index (κ3) is 2.40. The van der Waals surface area contributed by atoms with Gasteiger partial charge in [-0.3, -0.25) is 15.0 Å². The Morgan fingerprint density at radius 1 is 1.60 bits per heavy atom. The normalized spacial score (nSPS) is 32.5. The zero-order valence-electron chi connectivity index (χ0n) is 8.43. The van der Waals surface area contributed by atoms with E-state index in [1.165, 1.54) is 6.92 Å². The molecule has 1 saturated heterocycles. The second-order valence-corrected chi connectivity index (χ2v) is 3.75. The minimum absolute atomic E-state index is 0.317. The number of aliphatic hydroxyl groups excluding tert-OH is 1. The predicted molar refractivity (Wildman–Crippen MR) is 45.6 cm³/mol. The van der Waals surface area contributed by atoms with Gasteiger partial charge in [-0.05, 0) is 13.3 Å². The molecule has 1 amide bonds. The van der Waals surface area contributed by atoms with E-state index in [0.29, 0.717) is 11.3 Å². The second kappa shape index (κ2) is 3.64. The van der Waals surface area contributed by atoms with Gasteiger partial charge in [0.15, 0.2) is 6.35 Å². The number of halogens is 3. The Bertz CT molecular complexity index is 269. The van der Waals surface area contributed by atoms with Gasteiger partial charge in [0.05, 0.1) is 5.54 Å². The van der Waals surface area contributed by atoms with Crippen molar-refractivity contribution in [2.45, 2.75) is 38.3 Å². The Balaban J connectivity index is 2.80. The molecule has 2 N–H and O–H groups in total. The maximum absolute atomic E-state index is 12.1. The first-order valence-electron chi connectivity index (χ1n) is 4.53. The van der Waals surface area contributed by atoms with Gasteiger partial charge in [-0.1, -0.05) is 6.92 Å². The van der Waals surface area contributed by atoms with Crippen molar-refractivity contribution in [3.05, 3.63) is 0 Å². The van der Waals surface area contributed by atoms with Crippen molar-refractivity contribution in [2.24, 2.45) is 0 Å². The topological polar surface area (TPSA) is 52.6 Å². The van der Waals surface area contributed by atoms with E-state index in [0.717, 1.165) is 0 Å². The maximum atomic E-state index is 12.1. The summed E-state index contributed by atoms with van der Waals surface area (Å²) in [5.41, 5.74) is -1.11. The van der Waals surface area contributed by atoms with Gasteiger partial charge in [-0.25, -0.2) is 0 Å². The molecule has 1 fully saturated rings. The van der Waals surface area contributed by atoms with Crippen LogP contribution in [0.2, 0.25) is 0 Å². The molecular weight excluding hydrogens is 213 g/mol. The third-order valence-corrected chi connectivity index (χ3v) is 2.53. The standard InChI is InChI=1S/C8H13F3N2O2/c1-3-7(2)5(14)13(6(15)12-7)4-8(9,10)11/h6,12,15H,3-4H2,1-2H3. The Kier molecular flexibility index (Phi) is 2.97. The molecule has 0 spiro atoms. The van der Waals surface area contributed by atoms with Gasteiger partial charge in [-0.15, -0.1) is 0 Å². The summed E-state index contributed by atoms with van der Waals surface area (Å²) in [6.07, 6.45) is -5.75. The average Bonchev–Trinajstić information content (AvgIpc) is 2.28. The van der Waals surface area contributed by atoms with Crippen LogP contribution in [0.4, 0.5) is 13.2 Å². The molecule has 1 aliphatic heterocycles. The molecule has 0 saturated carbocycles. The van der Waals surface area contributed by atoms with Crippen molar-refractivity contribution in [3.63, 3.8) is 0 Å². The minimum atomic E-state index is -4.50. The molecule has 2 unspecified atom stereocenters. The van der Waals surface area contributed by atoms with Gasteiger partial charge in [0.25, 0.3) is 0 Å². The van der Waals surface area contributed by atoms with E-state index in [4.69, 9.17) is 0 Å². The highest BCUT2D eigenvalue weighted by Crippen LogP contribution is 2.26. The predicted octanol–water partition coefficient (Wildman–Crippen LogP) is 0.425. The van der Waals surface area contributed by atoms with E-state index in [9.17, 15) is 23.1 Å². The van der Waals surface area contributed by atoms with E-state index in [1.54, 1.807) is 6.92 Å². The lowest BCUT2D eigenvalue weighted by molar-refractivity contribution is -0.172. The van der Waals surface area contributed by atoms with Crippen LogP contribution in [-0.2, 0) is 4.79 Å². The van der Waals surface area contributed by atoms with Crippen LogP contribution in [0.5, 0.6) is 0 Å². The number of rotatable bonds is 2. The summed E-state index contributed by atoms with van der Waals surface area (Å²) in [5, 5.41) is 11.7. The van der Waals surface area contributed by atoms with Crippen molar-refractivity contribution in [2.75, 3.05) is 6.54 Å². The summed E-state index contributed by atoms with van der Waals surface area (Å²) in [5.74, 6) is -0.727. The zero-order valence-corrected chi connectivity index (χ0v) is 8.43. The first-order valence-corrected chi connectivity index (χ1v) is 4.53. The fourth-order valence-electron chi connectivity index (χ4n) is 1.46. The largest absolute Gasteiger partial charge is 0.406 e. The molecule has 0 aromatic heterocycles. The summed E-state index contributed by atoms with van der Waals surface area (Å²) >= 11 is 0. The molecule has 7 heteroatoms. The lowest BCUT2D eigenvalue weighted by atomic mass is 9.99. The van der Waals surface area contributed by atoms with E-state index in [2.05, 4.69) is 5.32 Å². The number of aliphatic hydroxyl groups is 1. The highest BCUT2D eigenvalue weighted by molar-refractivity contribution is 5.88. The van der Waals surface area contributed by atoms with Crippen LogP contribution in [0.1, 0.15) is 20.3 Å². The molecule has 0 aliphatic carbocycles. The lowest BCUT2D eigenvalue weighted by Crippen LogP contribution is -2.44. The van der Waals surface area contributed by atoms with Crippen LogP contribution in [0.25, 0.3) is 0 Å². The summed E-state index contributed by atoms with van der Waals surface area (Å²) in [4.78, 5) is 11.9. The molecular formula is C8H13F3N2O2. The Morgan fingerprint density at radius 3 is 2.47 bits per heavy atom. The monoisotopic (exact) mass is 226 g/mol. The molecule has 0 aromatic carbocycles. The van der Waals surface area contributed by atoms with E-state index >= 15 is 0 Å². The average molecular weight is 226 g/mol. The first kappa shape index (κ1) is 12.3. The van der Waals surface area contributed by atoms with Gasteiger partial charge >= 0.3 is 6.18 Å². The van der Waals surface area contributed by atoms with E-state index < -0.39 is 30.5 Å². The first-order chi connectivity index (χ1) is 6.69. The van der Waals surface area contributed by atoms with Crippen molar-refractivity contribution in [1.29, 1.82) is 0 Å². The van der Waals surface area contributed by atoms with Gasteiger partial charge in [0, 0.05) is 0 Å². The molecule has 2 atom stereocenters. The smallest absolute Gasteiger partial charge is 0.361 e. The molecule has 1 rings (SSSR count). The number of hydrogen-bond acceptors (Lipinski definition) is 3. The fraction of sp³-hybridized carbons (Fsp3) is 0.875. The van der Waals surface area contributed by atoms with Crippen molar-refractivity contribution in [1.82, 2.24) is 10.2 Å². The Labute approximate surface area is 85.1 Å². The van der Waals surface area contributed by atoms with Crippen LogP contribution < -0.4 is 5.32 Å². The molecule has 1 heterocycles. The van der Waals surface area contributed by atoms with Gasteiger partial charge in [0.2, 0.25) is 5.91 Å². The second-order valence-electron chi connectivity index (χ2n) is 3.75. The number of amides is 1. The molecule has 1 aliphatic rings. The highest BCUT2D eigenvalue weighted by Gasteiger charge is 2.49. The number of carbonyl (C=O) groups excluding carboxylic acids is 1. The maximum Gasteiger partial charge on any atom is 0.406 e. The number of carbonyl (C=O) groups is 1. The zero-order chi connectivity index (χ0) is 11.9. The number of hydrogen-bond donors (Lipinski definition) is 2. The molecule has 88 valence electrons. The summed E-state index contributed by atoms with van der Waals surface area (Å²) < 4.78 is 36.2. The molecule has 0 bridgehead atoms. The molecule has 4 nitrogen and oxygen atoms in total. The van der Waals surface area contributed by atoms with Crippen LogP contribution in [-0.4, -0.2) is 40.5 Å². The van der Waals surface area contributed by atoms with Crippen LogP contribution in [0.15, 0.2) is 0 Å². The van der Waals surface area contributed by atoms with Crippen LogP contribution >= 0.6 is 0 Å². The number of nitrogens with one attached hydrogen (secondary N) is 1. The molecule has 0 aromatic rings. The van der Waals surface area contributed by atoms with Crippen molar-refractivity contribution < 1.29 is 23.1 Å². The van der Waals surface area contributed by atoms with Gasteiger partial charge in [0.1, 0.15) is 6.54 Å². The van der Waals surface area contributed by atoms with Crippen molar-refractivity contribution >= 4 is 5.91 Å². The summed E-state index contributed by atoms with van der Waals surface area (Å²) in [6.45, 7) is 1.69. The quantitative estimate of drug-likeness (QED) is 0.717. The summed E-state index contributed by atoms with van der Waals surface area (Å²) in [7, 11) is 0. The van der Waals surface area contributed by atoms with Gasteiger partial charge < -0.3 is 5.11 Å². The van der Waals surface area contributed by atoms with E-state index in [1.807, 2.05) is 0 Å². The Hall–Kier alpha value is -0.820. The van der Waals surface area contributed by atoms with Crippen molar-refractivity contribution in [3.8, 4) is 0 Å². The van der Waals surface area contributed by atoms with E-state index in [-0.39, 0.29) is 0 Å².